The van der Waals surface area contributed by atoms with Crippen LogP contribution in [0.3, 0.4) is 0 Å². The number of aromatic nitrogens is 4. The van der Waals surface area contributed by atoms with Crippen LogP contribution in [0.2, 0.25) is 0 Å². The first-order chi connectivity index (χ1) is 24.8. The van der Waals surface area contributed by atoms with Gasteiger partial charge in [-0.2, -0.15) is 0 Å². The van der Waals surface area contributed by atoms with Gasteiger partial charge in [-0.25, -0.2) is 19.9 Å². The maximum Gasteiger partial charge on any atom is 0.164 e. The molecule has 10 rings (SSSR count). The van der Waals surface area contributed by atoms with Crippen molar-refractivity contribution in [1.29, 1.82) is 0 Å². The van der Waals surface area contributed by atoms with Gasteiger partial charge in [0, 0.05) is 37.7 Å². The predicted octanol–water partition coefficient (Wildman–Crippen LogP) is 11.9. The lowest BCUT2D eigenvalue weighted by Gasteiger charge is -2.14. The van der Waals surface area contributed by atoms with Gasteiger partial charge in [0.2, 0.25) is 0 Å². The van der Waals surface area contributed by atoms with Crippen LogP contribution in [0.4, 0.5) is 0 Å². The van der Waals surface area contributed by atoms with Gasteiger partial charge < -0.3 is 4.42 Å². The van der Waals surface area contributed by atoms with E-state index in [9.17, 15) is 0 Å². The first kappa shape index (κ1) is 28.5. The maximum atomic E-state index is 6.64. The number of pyridine rings is 1. The number of rotatable bonds is 5. The van der Waals surface area contributed by atoms with Crippen molar-refractivity contribution < 1.29 is 4.42 Å². The molecule has 0 unspecified atom stereocenters. The maximum absolute atomic E-state index is 6.64. The molecule has 0 amide bonds. The summed E-state index contributed by atoms with van der Waals surface area (Å²) < 4.78 is 8.94. The van der Waals surface area contributed by atoms with E-state index in [1.165, 1.54) is 4.70 Å². The summed E-state index contributed by atoms with van der Waals surface area (Å²) in [6.07, 6.45) is 0. The number of thiophene rings is 1. The zero-order valence-electron chi connectivity index (χ0n) is 26.6. The third kappa shape index (κ3) is 4.69. The van der Waals surface area contributed by atoms with E-state index >= 15 is 0 Å². The lowest BCUT2D eigenvalue weighted by atomic mass is 9.93. The Hall–Kier alpha value is -6.50. The minimum absolute atomic E-state index is 0.610. The minimum atomic E-state index is 0.610. The molecule has 4 heterocycles. The van der Waals surface area contributed by atoms with E-state index in [2.05, 4.69) is 72.8 Å². The Morgan fingerprint density at radius 3 is 1.70 bits per heavy atom. The molecule has 0 saturated heterocycles. The van der Waals surface area contributed by atoms with Crippen LogP contribution in [-0.4, -0.2) is 19.9 Å². The van der Waals surface area contributed by atoms with E-state index in [4.69, 9.17) is 24.4 Å². The number of para-hydroxylation sites is 1. The highest BCUT2D eigenvalue weighted by atomic mass is 32.1. The Balaban J connectivity index is 1.27. The monoisotopic (exact) mass is 658 g/mol. The fraction of sp³-hybridized carbons (Fsp3) is 0. The Morgan fingerprint density at radius 1 is 0.420 bits per heavy atom. The average Bonchev–Trinajstić information content (AvgIpc) is 3.76. The van der Waals surface area contributed by atoms with E-state index < -0.39 is 0 Å². The standard InChI is InChI=1S/C44H26N4OS/c1-4-14-27(15-5-1)34-26-30(24-25-31(34)44-47-42(28-16-6-2-7-17-28)46-43(48-44)29-18-8-3-9-19-29)37-40-38(32-20-10-12-22-35(32)49-40)45-39-33-21-11-13-23-36(33)50-41(37)39/h1-26H. The number of nitrogens with zero attached hydrogens (tertiary/aromatic N) is 4. The van der Waals surface area contributed by atoms with Crippen molar-refractivity contribution in [2.75, 3.05) is 0 Å². The van der Waals surface area contributed by atoms with E-state index in [0.717, 1.165) is 76.6 Å². The summed E-state index contributed by atoms with van der Waals surface area (Å²) in [5, 5.41) is 2.15. The van der Waals surface area contributed by atoms with Crippen molar-refractivity contribution in [3.8, 4) is 56.4 Å². The highest BCUT2D eigenvalue weighted by Crippen LogP contribution is 2.46. The molecule has 0 saturated carbocycles. The fourth-order valence-corrected chi connectivity index (χ4v) is 7.99. The van der Waals surface area contributed by atoms with Gasteiger partial charge in [-0.05, 0) is 47.0 Å². The number of fused-ring (bicyclic) bond motifs is 6. The normalized spacial score (nSPS) is 11.6. The summed E-state index contributed by atoms with van der Waals surface area (Å²) in [5.74, 6) is 1.86. The topological polar surface area (TPSA) is 64.7 Å². The third-order valence-corrected chi connectivity index (χ3v) is 10.3. The van der Waals surface area contributed by atoms with Crippen molar-refractivity contribution in [2.45, 2.75) is 0 Å². The van der Waals surface area contributed by atoms with Crippen LogP contribution in [0, 0.1) is 0 Å². The molecule has 0 bridgehead atoms. The van der Waals surface area contributed by atoms with Crippen molar-refractivity contribution in [2.24, 2.45) is 0 Å². The van der Waals surface area contributed by atoms with E-state index in [1.807, 2.05) is 84.9 Å². The molecule has 6 heteroatoms. The molecule has 6 aromatic carbocycles. The van der Waals surface area contributed by atoms with Crippen LogP contribution in [0.1, 0.15) is 0 Å². The first-order valence-electron chi connectivity index (χ1n) is 16.5. The predicted molar refractivity (Wildman–Crippen MR) is 205 cm³/mol. The SMILES string of the molecule is c1ccc(-c2nc(-c3ccccc3)nc(-c3ccc(-c4c5oc6ccccc6c5nc5c4sc4ccccc45)cc3-c3ccccc3)n2)cc1. The second kappa shape index (κ2) is 11.6. The van der Waals surface area contributed by atoms with Gasteiger partial charge in [-0.15, -0.1) is 11.3 Å². The number of furan rings is 1. The summed E-state index contributed by atoms with van der Waals surface area (Å²) in [6.45, 7) is 0. The summed E-state index contributed by atoms with van der Waals surface area (Å²) >= 11 is 1.75. The van der Waals surface area contributed by atoms with Crippen molar-refractivity contribution in [1.82, 2.24) is 19.9 Å². The second-order valence-corrected chi connectivity index (χ2v) is 13.3. The average molecular weight is 659 g/mol. The molecule has 5 nitrogen and oxygen atoms in total. The highest BCUT2D eigenvalue weighted by molar-refractivity contribution is 7.26. The molecule has 0 aliphatic heterocycles. The van der Waals surface area contributed by atoms with Crippen LogP contribution in [-0.2, 0) is 0 Å². The fourth-order valence-electron chi connectivity index (χ4n) is 6.78. The van der Waals surface area contributed by atoms with Crippen LogP contribution >= 0.6 is 11.3 Å². The zero-order chi connectivity index (χ0) is 33.0. The molecule has 0 aliphatic rings. The van der Waals surface area contributed by atoms with Gasteiger partial charge in [0.1, 0.15) is 11.1 Å². The molecule has 234 valence electrons. The molecule has 0 N–H and O–H groups in total. The van der Waals surface area contributed by atoms with E-state index in [-0.39, 0.29) is 0 Å². The van der Waals surface area contributed by atoms with Crippen LogP contribution in [0.15, 0.2) is 162 Å². The summed E-state index contributed by atoms with van der Waals surface area (Å²) in [6, 6.07) is 53.8. The van der Waals surface area contributed by atoms with Gasteiger partial charge in [0.15, 0.2) is 23.1 Å². The number of benzene rings is 6. The van der Waals surface area contributed by atoms with Crippen molar-refractivity contribution >= 4 is 53.7 Å². The highest BCUT2D eigenvalue weighted by Gasteiger charge is 2.23. The number of hydrogen-bond donors (Lipinski definition) is 0. The molecule has 0 fully saturated rings. The first-order valence-corrected chi connectivity index (χ1v) is 17.3. The Bertz CT molecular complexity index is 2720. The van der Waals surface area contributed by atoms with Gasteiger partial charge in [0.25, 0.3) is 0 Å². The second-order valence-electron chi connectivity index (χ2n) is 12.2. The Morgan fingerprint density at radius 2 is 1.00 bits per heavy atom. The van der Waals surface area contributed by atoms with Crippen LogP contribution in [0.5, 0.6) is 0 Å². The van der Waals surface area contributed by atoms with Gasteiger partial charge in [-0.1, -0.05) is 127 Å². The lowest BCUT2D eigenvalue weighted by Crippen LogP contribution is -2.01. The summed E-state index contributed by atoms with van der Waals surface area (Å²) in [7, 11) is 0. The smallest absolute Gasteiger partial charge is 0.164 e. The molecule has 0 radical (unpaired) electrons. The van der Waals surface area contributed by atoms with E-state index in [1.54, 1.807) is 11.3 Å². The molecular weight excluding hydrogens is 633 g/mol. The van der Waals surface area contributed by atoms with Crippen molar-refractivity contribution in [3.63, 3.8) is 0 Å². The van der Waals surface area contributed by atoms with Gasteiger partial charge >= 0.3 is 0 Å². The molecular formula is C44H26N4OS. The zero-order valence-corrected chi connectivity index (χ0v) is 27.4. The largest absolute Gasteiger partial charge is 0.454 e. The molecule has 10 aromatic rings. The van der Waals surface area contributed by atoms with Crippen LogP contribution in [0.25, 0.3) is 98.8 Å². The number of hydrogen-bond acceptors (Lipinski definition) is 6. The van der Waals surface area contributed by atoms with Crippen molar-refractivity contribution in [3.05, 3.63) is 158 Å². The summed E-state index contributed by atoms with van der Waals surface area (Å²) in [4.78, 5) is 20.4. The quantitative estimate of drug-likeness (QED) is 0.184. The molecule has 50 heavy (non-hydrogen) atoms. The molecule has 0 spiro atoms. The molecule has 0 aliphatic carbocycles. The Kier molecular flexibility index (Phi) is 6.60. The molecule has 4 aromatic heterocycles. The molecule has 0 atom stereocenters. The van der Waals surface area contributed by atoms with E-state index in [0.29, 0.717) is 17.5 Å². The van der Waals surface area contributed by atoms with Gasteiger partial charge in [0.05, 0.1) is 10.2 Å². The lowest BCUT2D eigenvalue weighted by molar-refractivity contribution is 0.670. The van der Waals surface area contributed by atoms with Gasteiger partial charge in [-0.3, -0.25) is 0 Å². The summed E-state index contributed by atoms with van der Waals surface area (Å²) in [5.41, 5.74) is 10.4. The Labute approximate surface area is 291 Å². The van der Waals surface area contributed by atoms with Crippen LogP contribution < -0.4 is 0 Å². The minimum Gasteiger partial charge on any atom is -0.454 e. The third-order valence-electron chi connectivity index (χ3n) is 9.15.